The second-order valence-corrected chi connectivity index (χ2v) is 20.2. The van der Waals surface area contributed by atoms with E-state index in [-0.39, 0.29) is 0 Å². The summed E-state index contributed by atoms with van der Waals surface area (Å²) in [6, 6.07) is 71.3. The van der Waals surface area contributed by atoms with Crippen molar-refractivity contribution in [3.05, 3.63) is 235 Å². The van der Waals surface area contributed by atoms with Crippen molar-refractivity contribution in [1.29, 1.82) is 0 Å². The first-order chi connectivity index (χ1) is 33.6. The van der Waals surface area contributed by atoms with Crippen LogP contribution in [0.5, 0.6) is 0 Å². The largest absolute Gasteiger partial charge is 0.307 e. The Morgan fingerprint density at radius 1 is 0.441 bits per heavy atom. The summed E-state index contributed by atoms with van der Waals surface area (Å²) in [6.45, 7) is 4.49. The van der Waals surface area contributed by atoms with E-state index in [4.69, 9.17) is 9.98 Å². The Morgan fingerprint density at radius 3 is 1.97 bits per heavy atom. The van der Waals surface area contributed by atoms with Crippen LogP contribution < -0.4 is 0 Å². The molecule has 3 aromatic heterocycles. The predicted octanol–water partition coefficient (Wildman–Crippen LogP) is 17.5. The van der Waals surface area contributed by atoms with Gasteiger partial charge in [-0.3, -0.25) is 0 Å². The average molecular weight is 900 g/mol. The van der Waals surface area contributed by atoms with Crippen molar-refractivity contribution in [3.63, 3.8) is 0 Å². The lowest BCUT2D eigenvalue weighted by atomic mass is 9.97. The van der Waals surface area contributed by atoms with Crippen molar-refractivity contribution in [1.82, 2.24) is 4.57 Å². The molecule has 0 spiro atoms. The molecule has 0 saturated heterocycles. The number of hydrogen-bond acceptors (Lipinski definition) is 4. The van der Waals surface area contributed by atoms with E-state index in [0.717, 1.165) is 33.7 Å². The number of nitrogens with zero attached hydrogens (tertiary/aromatic N) is 3. The van der Waals surface area contributed by atoms with Crippen LogP contribution in [0.15, 0.2) is 217 Å². The van der Waals surface area contributed by atoms with Gasteiger partial charge >= 0.3 is 0 Å². The Morgan fingerprint density at radius 2 is 1.10 bits per heavy atom. The van der Waals surface area contributed by atoms with E-state index >= 15 is 0 Å². The van der Waals surface area contributed by atoms with Gasteiger partial charge in [0, 0.05) is 69.4 Å². The molecule has 0 atom stereocenters. The molecule has 0 unspecified atom stereocenters. The molecule has 316 valence electrons. The maximum absolute atomic E-state index is 5.66. The summed E-state index contributed by atoms with van der Waals surface area (Å²) in [5, 5.41) is 12.4. The first-order valence-electron chi connectivity index (χ1n) is 23.1. The first kappa shape index (κ1) is 37.9. The fraction of sp³-hybridized carbons (Fsp3) is 0.0159. The molecule has 2 aliphatic rings. The van der Waals surface area contributed by atoms with Crippen LogP contribution in [-0.2, 0) is 0 Å². The smallest absolute Gasteiger partial charge is 0.160 e. The highest BCUT2D eigenvalue weighted by Gasteiger charge is 2.26. The number of rotatable bonds is 4. The SMILES string of the molecule is C=C1c2ccccc2-c2cc(C3=NC(c4ccc5c(c4)sc4ccccc45)=NC(c4ccc(-n5c6cc7ccccc7cc6c6ccc7ccccc7c65)c5sc6ccccc6c45)=CC3)ccc21. The Labute approximate surface area is 399 Å². The molecule has 0 saturated carbocycles. The van der Waals surface area contributed by atoms with Crippen molar-refractivity contribution in [2.45, 2.75) is 6.42 Å². The summed E-state index contributed by atoms with van der Waals surface area (Å²) in [7, 11) is 0. The lowest BCUT2D eigenvalue weighted by Crippen LogP contribution is -2.05. The Bertz CT molecular complexity index is 4490. The van der Waals surface area contributed by atoms with Gasteiger partial charge in [0.15, 0.2) is 5.84 Å². The molecule has 0 amide bonds. The van der Waals surface area contributed by atoms with Gasteiger partial charge < -0.3 is 4.57 Å². The van der Waals surface area contributed by atoms with Crippen molar-refractivity contribution in [2.24, 2.45) is 9.98 Å². The second-order valence-electron chi connectivity index (χ2n) is 18.1. The van der Waals surface area contributed by atoms with Crippen LogP contribution >= 0.6 is 22.7 Å². The number of allylic oxidation sites excluding steroid dienone is 1. The van der Waals surface area contributed by atoms with Gasteiger partial charge in [0.25, 0.3) is 0 Å². The zero-order chi connectivity index (χ0) is 44.6. The number of benzene rings is 10. The van der Waals surface area contributed by atoms with Crippen molar-refractivity contribution >= 4 is 129 Å². The Hall–Kier alpha value is -8.22. The fourth-order valence-corrected chi connectivity index (χ4v) is 13.5. The minimum absolute atomic E-state index is 0.617. The molecule has 0 fully saturated rings. The minimum atomic E-state index is 0.617. The van der Waals surface area contributed by atoms with Gasteiger partial charge in [-0.2, -0.15) is 0 Å². The number of fused-ring (bicyclic) bond motifs is 15. The Balaban J connectivity index is 0.974. The highest BCUT2D eigenvalue weighted by molar-refractivity contribution is 7.26. The number of thiophene rings is 2. The van der Waals surface area contributed by atoms with Crippen LogP contribution in [0.25, 0.3) is 112 Å². The summed E-state index contributed by atoms with van der Waals surface area (Å²) < 4.78 is 7.53. The molecule has 13 aromatic rings. The molecule has 0 bridgehead atoms. The van der Waals surface area contributed by atoms with E-state index in [1.807, 2.05) is 22.7 Å². The summed E-state index contributed by atoms with van der Waals surface area (Å²) in [6.07, 6.45) is 2.93. The minimum Gasteiger partial charge on any atom is -0.307 e. The standard InChI is InChI=1S/C63H37N3S2/c1-36-42-15-6-7-17-45(42)51-33-40(23-25-43(36)51)53-29-30-54(65-63(64-53)41-24-26-47-46-18-8-10-20-57(46)67-59(47)35-41)49-28-31-55(62-60(49)50-19-9-11-21-58(50)68-62)66-56-34-39-14-3-2-13-38(39)32-52(56)48-27-22-37-12-4-5-16-44(37)61(48)66/h2-28,30-35H,1,29H2. The van der Waals surface area contributed by atoms with E-state index in [0.29, 0.717) is 12.3 Å². The summed E-state index contributed by atoms with van der Waals surface area (Å²) in [5.41, 5.74) is 14.6. The number of aliphatic imine (C=N–C) groups is 2. The van der Waals surface area contributed by atoms with Crippen LogP contribution in [-0.4, -0.2) is 16.1 Å². The third kappa shape index (κ3) is 5.52. The highest BCUT2D eigenvalue weighted by atomic mass is 32.1. The lowest BCUT2D eigenvalue weighted by Gasteiger charge is -2.14. The van der Waals surface area contributed by atoms with Gasteiger partial charge in [-0.15, -0.1) is 22.7 Å². The third-order valence-electron chi connectivity index (χ3n) is 14.4. The quantitative estimate of drug-likeness (QED) is 0.168. The van der Waals surface area contributed by atoms with Gasteiger partial charge in [0.1, 0.15) is 0 Å². The summed E-state index contributed by atoms with van der Waals surface area (Å²) in [4.78, 5) is 11.2. The van der Waals surface area contributed by atoms with E-state index in [1.165, 1.54) is 112 Å². The molecule has 0 radical (unpaired) electrons. The maximum Gasteiger partial charge on any atom is 0.160 e. The zero-order valence-electron chi connectivity index (χ0n) is 36.6. The topological polar surface area (TPSA) is 29.6 Å². The fourth-order valence-electron chi connectivity index (χ4n) is 11.2. The van der Waals surface area contributed by atoms with Crippen LogP contribution in [0.4, 0.5) is 0 Å². The second kappa shape index (κ2) is 14.4. The summed E-state index contributed by atoms with van der Waals surface area (Å²) >= 11 is 3.70. The number of hydrogen-bond donors (Lipinski definition) is 0. The number of amidine groups is 1. The lowest BCUT2D eigenvalue weighted by molar-refractivity contribution is 1.21. The molecule has 4 heterocycles. The maximum atomic E-state index is 5.66. The van der Waals surface area contributed by atoms with Gasteiger partial charge in [-0.05, 0) is 92.0 Å². The molecule has 1 aliphatic heterocycles. The monoisotopic (exact) mass is 899 g/mol. The average Bonchev–Trinajstić information content (AvgIpc) is 4.09. The molecule has 3 nitrogen and oxygen atoms in total. The van der Waals surface area contributed by atoms with Crippen molar-refractivity contribution in [3.8, 4) is 16.8 Å². The summed E-state index contributed by atoms with van der Waals surface area (Å²) in [5.74, 6) is 0.714. The highest BCUT2D eigenvalue weighted by Crippen LogP contribution is 2.47. The van der Waals surface area contributed by atoms with E-state index in [1.54, 1.807) is 0 Å². The van der Waals surface area contributed by atoms with Crippen molar-refractivity contribution < 1.29 is 0 Å². The van der Waals surface area contributed by atoms with Crippen LogP contribution in [0.2, 0.25) is 0 Å². The van der Waals surface area contributed by atoms with Gasteiger partial charge in [0.05, 0.1) is 32.8 Å². The third-order valence-corrected chi connectivity index (χ3v) is 16.7. The molecule has 5 heteroatoms. The van der Waals surface area contributed by atoms with Gasteiger partial charge in [-0.1, -0.05) is 164 Å². The molecular weight excluding hydrogens is 863 g/mol. The first-order valence-corrected chi connectivity index (χ1v) is 24.8. The molecule has 68 heavy (non-hydrogen) atoms. The van der Waals surface area contributed by atoms with Crippen LogP contribution in [0, 0.1) is 0 Å². The number of aromatic nitrogens is 1. The van der Waals surface area contributed by atoms with Crippen LogP contribution in [0.1, 0.15) is 34.2 Å². The normalized spacial score (nSPS) is 13.8. The van der Waals surface area contributed by atoms with Crippen molar-refractivity contribution in [2.75, 3.05) is 0 Å². The van der Waals surface area contributed by atoms with Gasteiger partial charge in [-0.25, -0.2) is 9.98 Å². The molecular formula is C63H37N3S2. The molecule has 1 aliphatic carbocycles. The molecule has 0 N–H and O–H groups in total. The van der Waals surface area contributed by atoms with E-state index in [2.05, 4.69) is 211 Å². The zero-order valence-corrected chi connectivity index (χ0v) is 38.3. The van der Waals surface area contributed by atoms with E-state index < -0.39 is 0 Å². The molecule has 15 rings (SSSR count). The van der Waals surface area contributed by atoms with Crippen LogP contribution in [0.3, 0.4) is 0 Å². The molecule has 10 aromatic carbocycles. The Kier molecular flexibility index (Phi) is 8.03. The van der Waals surface area contributed by atoms with Gasteiger partial charge in [0.2, 0.25) is 0 Å². The predicted molar refractivity (Wildman–Crippen MR) is 294 cm³/mol. The van der Waals surface area contributed by atoms with E-state index in [9.17, 15) is 0 Å².